The van der Waals surface area contributed by atoms with Gasteiger partial charge in [-0.25, -0.2) is 9.78 Å². The lowest BCUT2D eigenvalue weighted by Crippen LogP contribution is -2.19. The largest absolute Gasteiger partial charge is 0.479 e. The number of hydrogen-bond acceptors (Lipinski definition) is 4. The number of aromatic nitrogens is 1. The van der Waals surface area contributed by atoms with Crippen LogP contribution < -0.4 is 0 Å². The van der Waals surface area contributed by atoms with E-state index in [4.69, 9.17) is 9.84 Å². The number of nitrogens with zero attached hydrogens (tertiary/aromatic N) is 1. The monoisotopic (exact) mass is 201 g/mol. The summed E-state index contributed by atoms with van der Waals surface area (Å²) in [4.78, 5) is 14.5. The minimum Gasteiger partial charge on any atom is -0.479 e. The molecule has 1 heterocycles. The van der Waals surface area contributed by atoms with Crippen molar-refractivity contribution < 1.29 is 14.6 Å². The van der Waals surface area contributed by atoms with Crippen molar-refractivity contribution in [1.29, 1.82) is 0 Å². The highest BCUT2D eigenvalue weighted by Gasteiger charge is 2.11. The Balaban J connectivity index is 2.39. The summed E-state index contributed by atoms with van der Waals surface area (Å²) in [5, 5.41) is 11.3. The molecule has 0 aliphatic heterocycles. The molecule has 1 N–H and O–H groups in total. The molecule has 0 saturated heterocycles. The summed E-state index contributed by atoms with van der Waals surface area (Å²) in [5.41, 5.74) is 0.788. The minimum atomic E-state index is -0.952. The van der Waals surface area contributed by atoms with Gasteiger partial charge in [0.1, 0.15) is 0 Å². The molecule has 0 bridgehead atoms. The van der Waals surface area contributed by atoms with Crippen LogP contribution in [0.15, 0.2) is 5.38 Å². The lowest BCUT2D eigenvalue weighted by molar-refractivity contribution is -0.149. The van der Waals surface area contributed by atoms with Crippen molar-refractivity contribution in [3.63, 3.8) is 0 Å². The van der Waals surface area contributed by atoms with Crippen molar-refractivity contribution in [3.8, 4) is 0 Å². The zero-order valence-electron chi connectivity index (χ0n) is 7.48. The first-order chi connectivity index (χ1) is 6.09. The molecule has 4 nitrogen and oxygen atoms in total. The van der Waals surface area contributed by atoms with Gasteiger partial charge in [-0.1, -0.05) is 0 Å². The van der Waals surface area contributed by atoms with E-state index in [1.807, 2.05) is 12.3 Å². The molecule has 0 unspecified atom stereocenters. The van der Waals surface area contributed by atoms with Crippen molar-refractivity contribution in [1.82, 2.24) is 4.98 Å². The van der Waals surface area contributed by atoms with Crippen LogP contribution in [0.5, 0.6) is 0 Å². The van der Waals surface area contributed by atoms with Gasteiger partial charge < -0.3 is 9.84 Å². The van der Waals surface area contributed by atoms with E-state index in [2.05, 4.69) is 4.98 Å². The van der Waals surface area contributed by atoms with Gasteiger partial charge in [-0.3, -0.25) is 0 Å². The van der Waals surface area contributed by atoms with E-state index < -0.39 is 12.1 Å². The molecule has 0 aliphatic rings. The maximum atomic E-state index is 10.4. The van der Waals surface area contributed by atoms with E-state index >= 15 is 0 Å². The van der Waals surface area contributed by atoms with Gasteiger partial charge in [0.05, 0.1) is 17.3 Å². The predicted molar refractivity (Wildman–Crippen MR) is 48.7 cm³/mol. The fourth-order valence-corrected chi connectivity index (χ4v) is 1.35. The van der Waals surface area contributed by atoms with Crippen LogP contribution in [-0.4, -0.2) is 22.2 Å². The van der Waals surface area contributed by atoms with Gasteiger partial charge in [0.25, 0.3) is 0 Å². The normalized spacial score (nSPS) is 12.8. The number of carboxylic acid groups (broad SMARTS) is 1. The Morgan fingerprint density at radius 2 is 2.54 bits per heavy atom. The van der Waals surface area contributed by atoms with Gasteiger partial charge in [0.15, 0.2) is 6.10 Å². The molecule has 72 valence electrons. The third-order valence-corrected chi connectivity index (χ3v) is 2.32. The fraction of sp³-hybridized carbons (Fsp3) is 0.500. The first-order valence-electron chi connectivity index (χ1n) is 3.85. The molecular formula is C8H11NO3S. The Hall–Kier alpha value is -0.940. The first kappa shape index (κ1) is 10.1. The number of aryl methyl sites for hydroxylation is 1. The highest BCUT2D eigenvalue weighted by molar-refractivity contribution is 7.09. The molecule has 0 saturated carbocycles. The summed E-state index contributed by atoms with van der Waals surface area (Å²) in [7, 11) is 0. The molecule has 1 aromatic heterocycles. The van der Waals surface area contributed by atoms with E-state index in [1.165, 1.54) is 18.3 Å². The highest BCUT2D eigenvalue weighted by Crippen LogP contribution is 2.09. The van der Waals surface area contributed by atoms with Crippen molar-refractivity contribution >= 4 is 17.3 Å². The van der Waals surface area contributed by atoms with Crippen molar-refractivity contribution in [2.45, 2.75) is 26.6 Å². The average Bonchev–Trinajstić information content (AvgIpc) is 2.47. The third kappa shape index (κ3) is 3.12. The van der Waals surface area contributed by atoms with Crippen LogP contribution in [0.1, 0.15) is 17.6 Å². The number of aliphatic carboxylic acids is 1. The second-order valence-electron chi connectivity index (χ2n) is 2.65. The molecule has 0 fully saturated rings. The summed E-state index contributed by atoms with van der Waals surface area (Å²) >= 11 is 1.53. The Bertz CT molecular complexity index is 297. The minimum absolute atomic E-state index is 0.262. The lowest BCUT2D eigenvalue weighted by atomic mass is 10.4. The third-order valence-electron chi connectivity index (χ3n) is 1.50. The quantitative estimate of drug-likeness (QED) is 0.800. The van der Waals surface area contributed by atoms with Gasteiger partial charge in [-0.05, 0) is 13.8 Å². The average molecular weight is 201 g/mol. The van der Waals surface area contributed by atoms with Gasteiger partial charge in [-0.2, -0.15) is 0 Å². The van der Waals surface area contributed by atoms with Crippen molar-refractivity contribution in [2.24, 2.45) is 0 Å². The lowest BCUT2D eigenvalue weighted by Gasteiger charge is -2.05. The van der Waals surface area contributed by atoms with Crippen LogP contribution in [-0.2, 0) is 16.1 Å². The standard InChI is InChI=1S/C8H11NO3S/c1-5(8(10)11)12-3-7-4-13-6(2)9-7/h4-5H,3H2,1-2H3,(H,10,11)/t5-/m1/s1. The van der Waals surface area contributed by atoms with Gasteiger partial charge in [0, 0.05) is 5.38 Å². The number of rotatable bonds is 4. The van der Waals surface area contributed by atoms with Crippen LogP contribution in [0.25, 0.3) is 0 Å². The summed E-state index contributed by atoms with van der Waals surface area (Å²) in [5.74, 6) is -0.952. The molecule has 0 aromatic carbocycles. The molecule has 0 amide bonds. The van der Waals surface area contributed by atoms with Crippen LogP contribution in [0.4, 0.5) is 0 Å². The summed E-state index contributed by atoms with van der Waals surface area (Å²) in [6, 6.07) is 0. The maximum absolute atomic E-state index is 10.4. The van der Waals surface area contributed by atoms with Gasteiger partial charge >= 0.3 is 5.97 Å². The van der Waals surface area contributed by atoms with E-state index in [-0.39, 0.29) is 6.61 Å². The number of carboxylic acids is 1. The molecule has 1 rings (SSSR count). The first-order valence-corrected chi connectivity index (χ1v) is 4.73. The van der Waals surface area contributed by atoms with Crippen LogP contribution in [0.3, 0.4) is 0 Å². The Morgan fingerprint density at radius 1 is 1.85 bits per heavy atom. The van der Waals surface area contributed by atoms with E-state index in [0.717, 1.165) is 10.7 Å². The maximum Gasteiger partial charge on any atom is 0.332 e. The van der Waals surface area contributed by atoms with Crippen LogP contribution in [0, 0.1) is 6.92 Å². The van der Waals surface area contributed by atoms with Crippen LogP contribution >= 0.6 is 11.3 Å². The second kappa shape index (κ2) is 4.34. The molecule has 1 aromatic rings. The van der Waals surface area contributed by atoms with Gasteiger partial charge in [-0.15, -0.1) is 11.3 Å². The Morgan fingerprint density at radius 3 is 3.00 bits per heavy atom. The Labute approximate surface area is 80.2 Å². The fourth-order valence-electron chi connectivity index (χ4n) is 0.756. The molecule has 0 spiro atoms. The zero-order chi connectivity index (χ0) is 9.84. The number of hydrogen-bond donors (Lipinski definition) is 1. The Kier molecular flexibility index (Phi) is 3.39. The summed E-state index contributed by atoms with van der Waals surface area (Å²) in [6.45, 7) is 3.66. The molecule has 0 aliphatic carbocycles. The molecule has 13 heavy (non-hydrogen) atoms. The number of ether oxygens (including phenoxy) is 1. The number of carbonyl (C=O) groups is 1. The summed E-state index contributed by atoms with van der Waals surface area (Å²) < 4.78 is 5.05. The predicted octanol–water partition coefficient (Wildman–Crippen LogP) is 1.44. The van der Waals surface area contributed by atoms with Gasteiger partial charge in [0.2, 0.25) is 0 Å². The van der Waals surface area contributed by atoms with Crippen molar-refractivity contribution in [2.75, 3.05) is 0 Å². The molecule has 0 radical (unpaired) electrons. The van der Waals surface area contributed by atoms with E-state index in [0.29, 0.717) is 0 Å². The molecule has 5 heteroatoms. The van der Waals surface area contributed by atoms with Crippen LogP contribution in [0.2, 0.25) is 0 Å². The number of thiazole rings is 1. The SMILES string of the molecule is Cc1nc(CO[C@H](C)C(=O)O)cs1. The molecular weight excluding hydrogens is 190 g/mol. The zero-order valence-corrected chi connectivity index (χ0v) is 8.30. The smallest absolute Gasteiger partial charge is 0.332 e. The summed E-state index contributed by atoms with van der Waals surface area (Å²) in [6.07, 6.45) is -0.776. The van der Waals surface area contributed by atoms with E-state index in [9.17, 15) is 4.79 Å². The van der Waals surface area contributed by atoms with Crippen molar-refractivity contribution in [3.05, 3.63) is 16.1 Å². The topological polar surface area (TPSA) is 59.4 Å². The molecule has 1 atom stereocenters. The highest BCUT2D eigenvalue weighted by atomic mass is 32.1. The van der Waals surface area contributed by atoms with E-state index in [1.54, 1.807) is 0 Å². The second-order valence-corrected chi connectivity index (χ2v) is 3.71.